The van der Waals surface area contributed by atoms with Crippen LogP contribution in [0.25, 0.3) is 0 Å². The van der Waals surface area contributed by atoms with Gasteiger partial charge in [-0.25, -0.2) is 0 Å². The van der Waals surface area contributed by atoms with E-state index in [4.69, 9.17) is 0 Å². The normalized spacial score (nSPS) is 27.9. The SMILES string of the molecule is CNC1=CCC2(CC1)CC2. The summed E-state index contributed by atoms with van der Waals surface area (Å²) in [6, 6.07) is 0. The zero-order valence-corrected chi connectivity index (χ0v) is 6.61. The predicted octanol–water partition coefficient (Wildman–Crippen LogP) is 2.05. The Morgan fingerprint density at radius 1 is 1.40 bits per heavy atom. The summed E-state index contributed by atoms with van der Waals surface area (Å²) in [5, 5.41) is 3.23. The van der Waals surface area contributed by atoms with E-state index in [1.807, 2.05) is 7.05 Å². The average molecular weight is 137 g/mol. The molecule has 2 rings (SSSR count). The van der Waals surface area contributed by atoms with Gasteiger partial charge in [0.25, 0.3) is 0 Å². The molecular weight excluding hydrogens is 122 g/mol. The van der Waals surface area contributed by atoms with Gasteiger partial charge in [0.1, 0.15) is 0 Å². The minimum atomic E-state index is 0.792. The van der Waals surface area contributed by atoms with Crippen LogP contribution in [0.4, 0.5) is 0 Å². The Morgan fingerprint density at radius 3 is 2.60 bits per heavy atom. The van der Waals surface area contributed by atoms with E-state index in [0.717, 1.165) is 5.41 Å². The van der Waals surface area contributed by atoms with Crippen LogP contribution < -0.4 is 5.32 Å². The monoisotopic (exact) mass is 137 g/mol. The van der Waals surface area contributed by atoms with Crippen LogP contribution in [0.3, 0.4) is 0 Å². The van der Waals surface area contributed by atoms with Gasteiger partial charge in [-0.15, -0.1) is 0 Å². The van der Waals surface area contributed by atoms with E-state index in [9.17, 15) is 0 Å². The second-order valence-corrected chi connectivity index (χ2v) is 3.68. The van der Waals surface area contributed by atoms with Gasteiger partial charge in [0.15, 0.2) is 0 Å². The van der Waals surface area contributed by atoms with Crippen LogP contribution in [-0.2, 0) is 0 Å². The van der Waals surface area contributed by atoms with Crippen LogP contribution in [0.1, 0.15) is 32.1 Å². The maximum absolute atomic E-state index is 3.23. The first-order chi connectivity index (χ1) is 4.85. The first-order valence-corrected chi connectivity index (χ1v) is 4.21. The molecule has 0 atom stereocenters. The van der Waals surface area contributed by atoms with Gasteiger partial charge in [-0.05, 0) is 37.5 Å². The molecule has 0 heterocycles. The van der Waals surface area contributed by atoms with Crippen LogP contribution in [-0.4, -0.2) is 7.05 Å². The molecular formula is C9H15N. The first-order valence-electron chi connectivity index (χ1n) is 4.21. The van der Waals surface area contributed by atoms with Crippen LogP contribution >= 0.6 is 0 Å². The Morgan fingerprint density at radius 2 is 2.20 bits per heavy atom. The quantitative estimate of drug-likeness (QED) is 0.583. The zero-order chi connectivity index (χ0) is 7.03. The van der Waals surface area contributed by atoms with Crippen molar-refractivity contribution in [3.8, 4) is 0 Å². The Balaban J connectivity index is 2.00. The van der Waals surface area contributed by atoms with Gasteiger partial charge in [0.05, 0.1) is 0 Å². The highest BCUT2D eigenvalue weighted by atomic mass is 14.8. The lowest BCUT2D eigenvalue weighted by atomic mass is 9.90. The van der Waals surface area contributed by atoms with Crippen LogP contribution in [0.2, 0.25) is 0 Å². The van der Waals surface area contributed by atoms with E-state index in [1.165, 1.54) is 37.8 Å². The van der Waals surface area contributed by atoms with E-state index >= 15 is 0 Å². The summed E-state index contributed by atoms with van der Waals surface area (Å²) in [6.07, 6.45) is 9.41. The highest BCUT2D eigenvalue weighted by Gasteiger charge is 2.42. The molecule has 0 aromatic carbocycles. The molecule has 1 spiro atoms. The molecule has 10 heavy (non-hydrogen) atoms. The number of hydrogen-bond donors (Lipinski definition) is 1. The van der Waals surface area contributed by atoms with Crippen molar-refractivity contribution in [3.05, 3.63) is 11.8 Å². The van der Waals surface area contributed by atoms with Crippen LogP contribution in [0.5, 0.6) is 0 Å². The standard InChI is InChI=1S/C9H15N/c1-10-8-2-4-9(5-3-8)6-7-9/h2,10H,3-7H2,1H3. The maximum Gasteiger partial charge on any atom is 0.00639 e. The fourth-order valence-corrected chi connectivity index (χ4v) is 1.80. The van der Waals surface area contributed by atoms with Gasteiger partial charge >= 0.3 is 0 Å². The minimum Gasteiger partial charge on any atom is -0.392 e. The van der Waals surface area contributed by atoms with Crippen molar-refractivity contribution in [2.24, 2.45) is 5.41 Å². The lowest BCUT2D eigenvalue weighted by Gasteiger charge is -2.20. The van der Waals surface area contributed by atoms with E-state index in [1.54, 1.807) is 0 Å². The molecule has 0 aromatic heterocycles. The maximum atomic E-state index is 3.23. The van der Waals surface area contributed by atoms with Crippen molar-refractivity contribution in [1.82, 2.24) is 5.32 Å². The molecule has 2 aliphatic rings. The summed E-state index contributed by atoms with van der Waals surface area (Å²) in [6.45, 7) is 0. The summed E-state index contributed by atoms with van der Waals surface area (Å²) >= 11 is 0. The lowest BCUT2D eigenvalue weighted by Crippen LogP contribution is -2.13. The molecule has 0 amide bonds. The van der Waals surface area contributed by atoms with Crippen molar-refractivity contribution < 1.29 is 0 Å². The molecule has 1 heteroatoms. The molecule has 1 fully saturated rings. The number of rotatable bonds is 1. The molecule has 1 nitrogen and oxygen atoms in total. The van der Waals surface area contributed by atoms with Gasteiger partial charge in [0, 0.05) is 12.7 Å². The van der Waals surface area contributed by atoms with Gasteiger partial charge in [-0.1, -0.05) is 6.08 Å². The molecule has 0 saturated heterocycles. The number of hydrogen-bond acceptors (Lipinski definition) is 1. The Hall–Kier alpha value is -0.460. The van der Waals surface area contributed by atoms with Gasteiger partial charge in [-0.3, -0.25) is 0 Å². The number of allylic oxidation sites excluding steroid dienone is 2. The second kappa shape index (κ2) is 2.01. The molecule has 0 radical (unpaired) electrons. The van der Waals surface area contributed by atoms with E-state index in [2.05, 4.69) is 11.4 Å². The van der Waals surface area contributed by atoms with Gasteiger partial charge in [-0.2, -0.15) is 0 Å². The largest absolute Gasteiger partial charge is 0.392 e. The summed E-state index contributed by atoms with van der Waals surface area (Å²) in [5.41, 5.74) is 2.25. The van der Waals surface area contributed by atoms with Crippen LogP contribution in [0.15, 0.2) is 11.8 Å². The smallest absolute Gasteiger partial charge is 0.00639 e. The molecule has 1 N–H and O–H groups in total. The lowest BCUT2D eigenvalue weighted by molar-refractivity contribution is 0.441. The third-order valence-corrected chi connectivity index (χ3v) is 2.98. The van der Waals surface area contributed by atoms with Crippen molar-refractivity contribution in [2.45, 2.75) is 32.1 Å². The Kier molecular flexibility index (Phi) is 1.26. The minimum absolute atomic E-state index is 0.792. The fraction of sp³-hybridized carbons (Fsp3) is 0.778. The average Bonchev–Trinajstić information content (AvgIpc) is 2.72. The van der Waals surface area contributed by atoms with Crippen molar-refractivity contribution in [2.75, 3.05) is 7.05 Å². The third-order valence-electron chi connectivity index (χ3n) is 2.98. The Bertz CT molecular complexity index is 166. The van der Waals surface area contributed by atoms with Gasteiger partial charge < -0.3 is 5.32 Å². The summed E-state index contributed by atoms with van der Waals surface area (Å²) in [7, 11) is 2.02. The van der Waals surface area contributed by atoms with E-state index in [-0.39, 0.29) is 0 Å². The molecule has 0 unspecified atom stereocenters. The summed E-state index contributed by atoms with van der Waals surface area (Å²) < 4.78 is 0. The third kappa shape index (κ3) is 0.938. The summed E-state index contributed by atoms with van der Waals surface area (Å²) in [4.78, 5) is 0. The molecule has 56 valence electrons. The first kappa shape index (κ1) is 6.26. The molecule has 1 saturated carbocycles. The molecule has 0 aliphatic heterocycles. The van der Waals surface area contributed by atoms with Crippen molar-refractivity contribution in [3.63, 3.8) is 0 Å². The zero-order valence-electron chi connectivity index (χ0n) is 6.61. The van der Waals surface area contributed by atoms with E-state index in [0.29, 0.717) is 0 Å². The second-order valence-electron chi connectivity index (χ2n) is 3.68. The topological polar surface area (TPSA) is 12.0 Å². The van der Waals surface area contributed by atoms with Crippen molar-refractivity contribution >= 4 is 0 Å². The van der Waals surface area contributed by atoms with Crippen LogP contribution in [0, 0.1) is 5.41 Å². The van der Waals surface area contributed by atoms with Crippen molar-refractivity contribution in [1.29, 1.82) is 0 Å². The highest BCUT2D eigenvalue weighted by molar-refractivity contribution is 5.11. The molecule has 2 aliphatic carbocycles. The highest BCUT2D eigenvalue weighted by Crippen LogP contribution is 2.55. The molecule has 0 bridgehead atoms. The number of nitrogens with one attached hydrogen (secondary N) is 1. The fourth-order valence-electron chi connectivity index (χ4n) is 1.80. The predicted molar refractivity (Wildman–Crippen MR) is 42.7 cm³/mol. The van der Waals surface area contributed by atoms with Gasteiger partial charge in [0.2, 0.25) is 0 Å². The summed E-state index contributed by atoms with van der Waals surface area (Å²) in [5.74, 6) is 0. The van der Waals surface area contributed by atoms with E-state index < -0.39 is 0 Å². The Labute approximate surface area is 62.5 Å². The molecule has 0 aromatic rings.